The van der Waals surface area contributed by atoms with Crippen molar-refractivity contribution in [2.24, 2.45) is 0 Å². The first kappa shape index (κ1) is 5.71. The van der Waals surface area contributed by atoms with E-state index in [0.29, 0.717) is 0 Å². The molecule has 0 unspecified atom stereocenters. The van der Waals surface area contributed by atoms with Crippen molar-refractivity contribution >= 4 is 58.7 Å². The minimum Gasteiger partial charge on any atom is -0.0465 e. The third kappa shape index (κ3) is 3.76. The van der Waals surface area contributed by atoms with Gasteiger partial charge in [0.25, 0.3) is 0 Å². The van der Waals surface area contributed by atoms with Gasteiger partial charge in [-0.15, -0.1) is 0 Å². The van der Waals surface area contributed by atoms with Gasteiger partial charge in [-0.2, -0.15) is 0 Å². The molecule has 0 spiro atoms. The van der Waals surface area contributed by atoms with Crippen LogP contribution in [-0.4, -0.2) is 1.12 Å². The van der Waals surface area contributed by atoms with Crippen molar-refractivity contribution in [3.8, 4) is 0 Å². The van der Waals surface area contributed by atoms with Crippen molar-refractivity contribution in [3.63, 3.8) is 0 Å². The lowest BCUT2D eigenvalue weighted by molar-refractivity contribution is 5.75. The van der Waals surface area contributed by atoms with Crippen molar-refractivity contribution in [3.05, 3.63) is 0 Å². The number of hydrogen-bond donors (Lipinski definition) is 2. The van der Waals surface area contributed by atoms with Gasteiger partial charge in [0.1, 0.15) is 1.12 Å². The van der Waals surface area contributed by atoms with Gasteiger partial charge in [-0.1, -0.05) is 0 Å². The summed E-state index contributed by atoms with van der Waals surface area (Å²) in [6.45, 7) is -2.13. The number of hydrogen-bond acceptors (Lipinski definition) is 4. The van der Waals surface area contributed by atoms with Gasteiger partial charge in [0.2, 0.25) is 0 Å². The topological polar surface area (TPSA) is 0 Å². The average molecular weight is 196 g/mol. The van der Waals surface area contributed by atoms with Crippen LogP contribution in [0.3, 0.4) is 0 Å². The van der Waals surface area contributed by atoms with Gasteiger partial charge in [-0.05, 0) is 58.7 Å². The van der Waals surface area contributed by atoms with E-state index in [-0.39, 0.29) is 0 Å². The lowest BCUT2D eigenvalue weighted by atomic mass is 30.4. The minimum atomic E-state index is -2.13. The zero-order valence-corrected chi connectivity index (χ0v) is 7.47. The molecule has 0 aliphatic carbocycles. The quantitative estimate of drug-likeness (QED) is 0.426. The Hall–Kier alpha value is 1.58. The first-order valence-electron chi connectivity index (χ1n) is 1.29. The highest BCUT2D eigenvalue weighted by atomic mass is 33.7. The van der Waals surface area contributed by atoms with E-state index >= 15 is 0 Å². The van der Waals surface area contributed by atoms with Crippen LogP contribution in [0.5, 0.6) is 0 Å². The Labute approximate surface area is 59.5 Å². The summed E-state index contributed by atoms with van der Waals surface area (Å²) in [5, 5.41) is 0. The summed E-state index contributed by atoms with van der Waals surface area (Å²) in [5.41, 5.74) is 0. The normalized spacial score (nSPS) is 14.5. The summed E-state index contributed by atoms with van der Waals surface area (Å²) in [6.07, 6.45) is 0. The van der Waals surface area contributed by atoms with Crippen LogP contribution >= 0.6 is 0 Å². The summed E-state index contributed by atoms with van der Waals surface area (Å²) in [5.74, 6) is 0. The Balaban J connectivity index is 4.82. The van der Waals surface area contributed by atoms with Crippen LogP contribution in [0, 0.1) is 0 Å². The molecule has 6 heavy (non-hydrogen) atoms. The van der Waals surface area contributed by atoms with Crippen molar-refractivity contribution in [2.45, 2.75) is 0 Å². The lowest BCUT2D eigenvalue weighted by Crippen LogP contribution is -1.62. The highest BCUT2D eigenvalue weighted by Gasteiger charge is 1.58. The maximum atomic E-state index is 6.92. The van der Waals surface area contributed by atoms with Crippen molar-refractivity contribution < 1.29 is 0 Å². The van der Waals surface area contributed by atoms with E-state index in [0.717, 1.165) is 0 Å². The Morgan fingerprint density at radius 3 is 1.33 bits per heavy atom. The smallest absolute Gasteiger partial charge is 0.0465 e. The summed E-state index contributed by atoms with van der Waals surface area (Å²) in [4.78, 5) is 0. The molecule has 0 nitrogen and oxygen atoms in total. The Bertz CT molecular complexity index is 192. The van der Waals surface area contributed by atoms with E-state index in [1.165, 1.54) is 0 Å². The van der Waals surface area contributed by atoms with Crippen LogP contribution in [0.1, 0.15) is 0 Å². The van der Waals surface area contributed by atoms with Gasteiger partial charge >= 0.3 is 0 Å². The number of rotatable bonds is 1. The molecule has 0 radical (unpaired) electrons. The average Bonchev–Trinajstić information content (AvgIpc) is 1.31. The molecule has 0 aliphatic heterocycles. The maximum Gasteiger partial charge on any atom is 0.125 e. The van der Waals surface area contributed by atoms with Crippen molar-refractivity contribution in [1.29, 1.82) is 1.12 Å². The SMILES string of the molecule is [3H]S(=S)(=S)[SH](=S)=S. The fourth-order valence-electron chi connectivity index (χ4n) is 0. The summed E-state index contributed by atoms with van der Waals surface area (Å²) >= 11 is 18.1. The molecule has 0 aromatic heterocycles. The molecule has 0 aromatic carbocycles. The molecule has 0 aromatic rings. The fraction of sp³-hybridized carbons (Fsp3) is 0. The summed E-state index contributed by atoms with van der Waals surface area (Å²) in [7, 11) is -1.20. The Kier molecular flexibility index (Phi) is 3.39. The van der Waals surface area contributed by atoms with E-state index in [4.69, 9.17) is 1.12 Å². The second-order valence-electron chi connectivity index (χ2n) is 0.441. The highest BCUT2D eigenvalue weighted by molar-refractivity contribution is 8.99. The molecular formula is H2S6. The molecule has 0 aliphatic rings. The molecule has 0 heterocycles. The van der Waals surface area contributed by atoms with Crippen molar-refractivity contribution in [1.82, 2.24) is 0 Å². The van der Waals surface area contributed by atoms with Crippen LogP contribution in [0.25, 0.3) is 0 Å². The monoisotopic (exact) mass is 196 g/mol. The molecule has 0 N–H and O–H groups in total. The van der Waals surface area contributed by atoms with Gasteiger partial charge in [-0.25, -0.2) is 0 Å². The molecule has 0 fully saturated rings. The van der Waals surface area contributed by atoms with Crippen LogP contribution in [-0.2, 0) is 58.7 Å². The van der Waals surface area contributed by atoms with E-state index in [1.807, 2.05) is 0 Å². The van der Waals surface area contributed by atoms with Gasteiger partial charge in [0, 0.05) is 0 Å². The number of thiol groups is 2. The van der Waals surface area contributed by atoms with E-state index < -0.39 is 14.0 Å². The molecule has 0 atom stereocenters. The Morgan fingerprint density at radius 2 is 1.33 bits per heavy atom. The van der Waals surface area contributed by atoms with Crippen LogP contribution in [0.4, 0.5) is 0 Å². The van der Waals surface area contributed by atoms with Crippen LogP contribution in [0.2, 0.25) is 0 Å². The molecular weight excluding hydrogens is 192 g/mol. The molecule has 38 valence electrons. The van der Waals surface area contributed by atoms with E-state index in [2.05, 4.69) is 44.8 Å². The van der Waals surface area contributed by atoms with Gasteiger partial charge in [0.15, 0.2) is 0 Å². The van der Waals surface area contributed by atoms with E-state index in [9.17, 15) is 0 Å². The lowest BCUT2D eigenvalue weighted by Gasteiger charge is -1.66. The predicted molar refractivity (Wildman–Crippen MR) is 47.0 cm³/mol. The van der Waals surface area contributed by atoms with Gasteiger partial charge < -0.3 is 0 Å². The van der Waals surface area contributed by atoms with Crippen LogP contribution < -0.4 is 0 Å². The predicted octanol–water partition coefficient (Wildman–Crippen LogP) is -0.550. The third-order valence-corrected chi connectivity index (χ3v) is 9.86. The molecule has 6 heteroatoms. The first-order chi connectivity index (χ1) is 2.94. The second kappa shape index (κ2) is 3.57. The van der Waals surface area contributed by atoms with E-state index in [1.54, 1.807) is 0 Å². The second-order valence-corrected chi connectivity index (χ2v) is 11.9. The minimum absolute atomic E-state index is 1.20. The summed E-state index contributed by atoms with van der Waals surface area (Å²) in [6, 6.07) is 0. The standard InChI is InChI=1S/H2S6/c1-5(2)6(3)4/h5-6H/i5T. The molecule has 0 saturated carbocycles. The van der Waals surface area contributed by atoms with Gasteiger partial charge in [0.05, 0.1) is 0 Å². The molecule has 0 saturated heterocycles. The zero-order valence-electron chi connectivity index (χ0n) is 3.49. The molecule has 0 rings (SSSR count). The molecule has 0 bridgehead atoms. The Morgan fingerprint density at radius 1 is 1.17 bits per heavy atom. The van der Waals surface area contributed by atoms with Crippen molar-refractivity contribution in [2.75, 3.05) is 0 Å². The van der Waals surface area contributed by atoms with Crippen LogP contribution in [0.15, 0.2) is 0 Å². The largest absolute Gasteiger partial charge is 0.125 e. The fourth-order valence-corrected chi connectivity index (χ4v) is 0. The first-order valence-corrected chi connectivity index (χ1v) is 7.93. The maximum absolute atomic E-state index is 6.92. The third-order valence-electron chi connectivity index (χ3n) is 0.122. The highest BCUT2D eigenvalue weighted by Crippen LogP contribution is 1.62. The molecule has 0 amide bonds. The zero-order chi connectivity index (χ0) is 6.08. The van der Waals surface area contributed by atoms with Gasteiger partial charge in [-0.3, -0.25) is 0 Å². The summed E-state index contributed by atoms with van der Waals surface area (Å²) < 4.78 is 6.92.